The lowest BCUT2D eigenvalue weighted by Gasteiger charge is -2.48. The molecule has 1 aromatic rings. The fraction of sp³-hybridized carbons (Fsp3) is 0.647. The van der Waals surface area contributed by atoms with Crippen molar-refractivity contribution in [2.24, 2.45) is 5.73 Å². The summed E-state index contributed by atoms with van der Waals surface area (Å²) in [5.41, 5.74) is 9.19. The van der Waals surface area contributed by atoms with Gasteiger partial charge in [0, 0.05) is 37.8 Å². The highest BCUT2D eigenvalue weighted by atomic mass is 15.3. The van der Waals surface area contributed by atoms with E-state index in [1.165, 1.54) is 11.1 Å². The van der Waals surface area contributed by atoms with Gasteiger partial charge in [-0.2, -0.15) is 0 Å². The number of nitrogens with zero attached hydrogens (tertiary/aromatic N) is 2. The Morgan fingerprint density at radius 1 is 1.25 bits per heavy atom. The predicted octanol–water partition coefficient (Wildman–Crippen LogP) is 2.27. The monoisotopic (exact) mass is 275 g/mol. The molecule has 0 radical (unpaired) electrons. The molecule has 1 aliphatic heterocycles. The SMILES string of the molecule is CCc1ccccc1C(CN)N1CCN(C)C(C)(C)C1. The first kappa shape index (κ1) is 15.5. The van der Waals surface area contributed by atoms with Gasteiger partial charge in [0.1, 0.15) is 0 Å². The fourth-order valence-electron chi connectivity index (χ4n) is 3.20. The Labute approximate surface area is 123 Å². The van der Waals surface area contributed by atoms with E-state index in [1.54, 1.807) is 0 Å². The van der Waals surface area contributed by atoms with E-state index in [2.05, 4.69) is 61.9 Å². The molecule has 1 fully saturated rings. The standard InChI is InChI=1S/C17H29N3/c1-5-14-8-6-7-9-15(14)16(12-18)20-11-10-19(4)17(2,3)13-20/h6-9,16H,5,10-13,18H2,1-4H3. The number of nitrogens with two attached hydrogens (primary N) is 1. The van der Waals surface area contributed by atoms with E-state index >= 15 is 0 Å². The van der Waals surface area contributed by atoms with Crippen LogP contribution < -0.4 is 5.73 Å². The second-order valence-corrected chi connectivity index (χ2v) is 6.51. The second-order valence-electron chi connectivity index (χ2n) is 6.51. The molecule has 2 N–H and O–H groups in total. The second kappa shape index (κ2) is 6.25. The molecule has 20 heavy (non-hydrogen) atoms. The molecule has 112 valence electrons. The van der Waals surface area contributed by atoms with Gasteiger partial charge in [0.25, 0.3) is 0 Å². The Bertz CT molecular complexity index is 442. The zero-order valence-electron chi connectivity index (χ0n) is 13.4. The first-order valence-electron chi connectivity index (χ1n) is 7.72. The van der Waals surface area contributed by atoms with Crippen LogP contribution in [-0.4, -0.2) is 48.6 Å². The summed E-state index contributed by atoms with van der Waals surface area (Å²) >= 11 is 0. The van der Waals surface area contributed by atoms with Crippen molar-refractivity contribution in [1.82, 2.24) is 9.80 Å². The van der Waals surface area contributed by atoms with Gasteiger partial charge in [0.05, 0.1) is 0 Å². The van der Waals surface area contributed by atoms with Crippen molar-refractivity contribution in [2.75, 3.05) is 33.2 Å². The van der Waals surface area contributed by atoms with Gasteiger partial charge in [-0.3, -0.25) is 9.80 Å². The van der Waals surface area contributed by atoms with Gasteiger partial charge in [-0.15, -0.1) is 0 Å². The molecular formula is C17H29N3. The van der Waals surface area contributed by atoms with Gasteiger partial charge in [-0.05, 0) is 38.4 Å². The Kier molecular flexibility index (Phi) is 4.84. The van der Waals surface area contributed by atoms with Crippen molar-refractivity contribution in [3.8, 4) is 0 Å². The van der Waals surface area contributed by atoms with Crippen molar-refractivity contribution in [3.63, 3.8) is 0 Å². The zero-order valence-corrected chi connectivity index (χ0v) is 13.4. The molecule has 0 bridgehead atoms. The Morgan fingerprint density at radius 2 is 1.95 bits per heavy atom. The van der Waals surface area contributed by atoms with E-state index in [-0.39, 0.29) is 5.54 Å². The number of aryl methyl sites for hydroxylation is 1. The van der Waals surface area contributed by atoms with E-state index in [4.69, 9.17) is 5.73 Å². The molecule has 0 aliphatic carbocycles. The molecule has 1 unspecified atom stereocenters. The van der Waals surface area contributed by atoms with E-state index in [0.717, 1.165) is 26.1 Å². The Balaban J connectivity index is 2.24. The molecule has 0 amide bonds. The molecule has 1 aromatic carbocycles. The maximum atomic E-state index is 6.13. The smallest absolute Gasteiger partial charge is 0.0474 e. The third-order valence-electron chi connectivity index (χ3n) is 4.81. The minimum Gasteiger partial charge on any atom is -0.329 e. The normalized spacial score (nSPS) is 21.9. The molecule has 1 atom stereocenters. The molecule has 1 aliphatic rings. The highest BCUT2D eigenvalue weighted by molar-refractivity contribution is 5.30. The number of benzene rings is 1. The van der Waals surface area contributed by atoms with Gasteiger partial charge in [-0.1, -0.05) is 31.2 Å². The third-order valence-corrected chi connectivity index (χ3v) is 4.81. The Morgan fingerprint density at radius 3 is 2.55 bits per heavy atom. The van der Waals surface area contributed by atoms with Crippen molar-refractivity contribution in [1.29, 1.82) is 0 Å². The summed E-state index contributed by atoms with van der Waals surface area (Å²) in [6.45, 7) is 10.8. The van der Waals surface area contributed by atoms with Gasteiger partial charge in [0.2, 0.25) is 0 Å². The average Bonchev–Trinajstić information content (AvgIpc) is 2.44. The molecule has 3 heteroatoms. The first-order valence-corrected chi connectivity index (χ1v) is 7.72. The number of rotatable bonds is 4. The largest absolute Gasteiger partial charge is 0.329 e. The van der Waals surface area contributed by atoms with E-state index < -0.39 is 0 Å². The summed E-state index contributed by atoms with van der Waals surface area (Å²) in [5, 5.41) is 0. The minimum atomic E-state index is 0.215. The summed E-state index contributed by atoms with van der Waals surface area (Å²) in [7, 11) is 2.22. The van der Waals surface area contributed by atoms with Crippen molar-refractivity contribution >= 4 is 0 Å². The average molecular weight is 275 g/mol. The van der Waals surface area contributed by atoms with Crippen LogP contribution in [0, 0.1) is 0 Å². The summed E-state index contributed by atoms with van der Waals surface area (Å²) < 4.78 is 0. The topological polar surface area (TPSA) is 32.5 Å². The molecule has 0 saturated carbocycles. The molecule has 0 spiro atoms. The van der Waals surface area contributed by atoms with E-state index in [1.807, 2.05) is 0 Å². The maximum Gasteiger partial charge on any atom is 0.0474 e. The van der Waals surface area contributed by atoms with Crippen molar-refractivity contribution in [3.05, 3.63) is 35.4 Å². The number of hydrogen-bond donors (Lipinski definition) is 1. The van der Waals surface area contributed by atoms with Crippen LogP contribution in [0.4, 0.5) is 0 Å². The van der Waals surface area contributed by atoms with E-state index in [0.29, 0.717) is 12.6 Å². The fourth-order valence-corrected chi connectivity index (χ4v) is 3.20. The van der Waals surface area contributed by atoms with Crippen LogP contribution in [0.25, 0.3) is 0 Å². The summed E-state index contributed by atoms with van der Waals surface area (Å²) in [6.07, 6.45) is 1.07. The summed E-state index contributed by atoms with van der Waals surface area (Å²) in [5.74, 6) is 0. The molecule has 3 nitrogen and oxygen atoms in total. The lowest BCUT2D eigenvalue weighted by atomic mass is 9.93. The molecule has 0 aromatic heterocycles. The lowest BCUT2D eigenvalue weighted by Crippen LogP contribution is -2.58. The maximum absolute atomic E-state index is 6.13. The Hall–Kier alpha value is -0.900. The number of hydrogen-bond acceptors (Lipinski definition) is 3. The van der Waals surface area contributed by atoms with Crippen LogP contribution in [0.5, 0.6) is 0 Å². The van der Waals surface area contributed by atoms with Crippen LogP contribution in [0.1, 0.15) is 37.9 Å². The van der Waals surface area contributed by atoms with Crippen LogP contribution in [0.3, 0.4) is 0 Å². The summed E-state index contributed by atoms with van der Waals surface area (Å²) in [4.78, 5) is 5.01. The number of piperazine rings is 1. The van der Waals surface area contributed by atoms with Crippen LogP contribution in [0.2, 0.25) is 0 Å². The molecular weight excluding hydrogens is 246 g/mol. The first-order chi connectivity index (χ1) is 9.49. The summed E-state index contributed by atoms with van der Waals surface area (Å²) in [6, 6.07) is 9.10. The van der Waals surface area contributed by atoms with Crippen LogP contribution in [-0.2, 0) is 6.42 Å². The van der Waals surface area contributed by atoms with Gasteiger partial charge < -0.3 is 5.73 Å². The predicted molar refractivity (Wildman–Crippen MR) is 85.9 cm³/mol. The van der Waals surface area contributed by atoms with Gasteiger partial charge in [-0.25, -0.2) is 0 Å². The van der Waals surface area contributed by atoms with Crippen molar-refractivity contribution < 1.29 is 0 Å². The molecule has 1 heterocycles. The minimum absolute atomic E-state index is 0.215. The van der Waals surface area contributed by atoms with E-state index in [9.17, 15) is 0 Å². The quantitative estimate of drug-likeness (QED) is 0.915. The highest BCUT2D eigenvalue weighted by Gasteiger charge is 2.34. The third kappa shape index (κ3) is 3.05. The van der Waals surface area contributed by atoms with Crippen LogP contribution in [0.15, 0.2) is 24.3 Å². The highest BCUT2D eigenvalue weighted by Crippen LogP contribution is 2.29. The van der Waals surface area contributed by atoms with Crippen molar-refractivity contribution in [2.45, 2.75) is 38.8 Å². The van der Waals surface area contributed by atoms with Gasteiger partial charge in [0.15, 0.2) is 0 Å². The van der Waals surface area contributed by atoms with Gasteiger partial charge >= 0.3 is 0 Å². The molecule has 2 rings (SSSR count). The zero-order chi connectivity index (χ0) is 14.8. The number of likely N-dealkylation sites (N-methyl/N-ethyl adjacent to an activating group) is 1. The lowest BCUT2D eigenvalue weighted by molar-refractivity contribution is 0.0178. The van der Waals surface area contributed by atoms with Crippen LogP contribution >= 0.6 is 0 Å². The molecule has 1 saturated heterocycles.